The van der Waals surface area contributed by atoms with Crippen molar-refractivity contribution in [1.29, 1.82) is 5.26 Å². The van der Waals surface area contributed by atoms with E-state index >= 15 is 0 Å². The average Bonchev–Trinajstić information content (AvgIpc) is 2.37. The summed E-state index contributed by atoms with van der Waals surface area (Å²) in [4.78, 5) is 4.05. The Morgan fingerprint density at radius 2 is 1.80 bits per heavy atom. The van der Waals surface area contributed by atoms with Gasteiger partial charge in [0.2, 0.25) is 0 Å². The molecule has 0 aliphatic carbocycles. The minimum absolute atomic E-state index is 0.0484. The van der Waals surface area contributed by atoms with E-state index in [9.17, 15) is 13.2 Å². The Morgan fingerprint density at radius 1 is 1.20 bits per heavy atom. The molecule has 0 aliphatic heterocycles. The highest BCUT2D eigenvalue weighted by Crippen LogP contribution is 2.35. The maximum atomic E-state index is 13.0. The third kappa shape index (κ3) is 2.75. The third-order valence-electron chi connectivity index (χ3n) is 2.76. The summed E-state index contributed by atoms with van der Waals surface area (Å²) in [5, 5.41) is 9.33. The molecule has 0 spiro atoms. The number of hydrogen-bond donors (Lipinski definition) is 0. The molecule has 0 radical (unpaired) electrons. The summed E-state index contributed by atoms with van der Waals surface area (Å²) in [6.45, 7) is 1.38. The Labute approximate surface area is 118 Å². The van der Waals surface area contributed by atoms with Crippen LogP contribution < -0.4 is 0 Å². The molecule has 0 amide bonds. The zero-order chi connectivity index (χ0) is 14.9. The monoisotopic (exact) mass is 296 g/mol. The Balaban J connectivity index is 2.66. The molecular weight excluding hydrogens is 289 g/mol. The van der Waals surface area contributed by atoms with E-state index in [1.807, 2.05) is 0 Å². The lowest BCUT2D eigenvalue weighted by atomic mass is 10.0. The number of alkyl halides is 3. The molecule has 0 saturated carbocycles. The predicted molar refractivity (Wildman–Crippen MR) is 69.1 cm³/mol. The van der Waals surface area contributed by atoms with Gasteiger partial charge in [-0.25, -0.2) is 0 Å². The Morgan fingerprint density at radius 3 is 2.30 bits per heavy atom. The normalized spacial score (nSPS) is 11.2. The van der Waals surface area contributed by atoms with Gasteiger partial charge in [-0.2, -0.15) is 18.4 Å². The molecule has 1 aromatic heterocycles. The second-order valence-electron chi connectivity index (χ2n) is 4.13. The minimum atomic E-state index is -4.60. The zero-order valence-corrected chi connectivity index (χ0v) is 11.0. The Hall–Kier alpha value is -2.06. The van der Waals surface area contributed by atoms with Crippen molar-refractivity contribution in [2.24, 2.45) is 0 Å². The van der Waals surface area contributed by atoms with Crippen LogP contribution in [0, 0.1) is 18.3 Å². The van der Waals surface area contributed by atoms with Crippen molar-refractivity contribution in [3.8, 4) is 17.3 Å². The van der Waals surface area contributed by atoms with Gasteiger partial charge in [-0.3, -0.25) is 4.98 Å². The smallest absolute Gasteiger partial charge is 0.252 e. The maximum Gasteiger partial charge on any atom is 0.417 e. The summed E-state index contributed by atoms with van der Waals surface area (Å²) >= 11 is 5.74. The van der Waals surface area contributed by atoms with Crippen molar-refractivity contribution in [2.45, 2.75) is 13.1 Å². The predicted octanol–water partition coefficient (Wildman–Crippen LogP) is 4.60. The summed E-state index contributed by atoms with van der Waals surface area (Å²) in [5.41, 5.74) is -0.710. The van der Waals surface area contributed by atoms with Gasteiger partial charge >= 0.3 is 6.18 Å². The number of nitriles is 1. The largest absolute Gasteiger partial charge is 0.417 e. The Bertz CT molecular complexity index is 685. The second-order valence-corrected chi connectivity index (χ2v) is 4.57. The molecule has 0 fully saturated rings. The van der Waals surface area contributed by atoms with Gasteiger partial charge in [-0.15, -0.1) is 0 Å². The van der Waals surface area contributed by atoms with Crippen molar-refractivity contribution in [1.82, 2.24) is 4.98 Å². The van der Waals surface area contributed by atoms with Crippen LogP contribution in [0.4, 0.5) is 13.2 Å². The molecule has 0 atom stereocenters. The van der Waals surface area contributed by atoms with Gasteiger partial charge < -0.3 is 0 Å². The Kier molecular flexibility index (Phi) is 3.69. The number of aryl methyl sites for hydroxylation is 1. The molecule has 6 heteroatoms. The van der Waals surface area contributed by atoms with E-state index in [4.69, 9.17) is 16.9 Å². The molecule has 102 valence electrons. The summed E-state index contributed by atoms with van der Waals surface area (Å²) in [7, 11) is 0. The minimum Gasteiger partial charge on any atom is -0.252 e. The van der Waals surface area contributed by atoms with Crippen molar-refractivity contribution >= 4 is 11.6 Å². The van der Waals surface area contributed by atoms with Gasteiger partial charge in [0, 0.05) is 10.6 Å². The highest BCUT2D eigenvalue weighted by Gasteiger charge is 2.35. The van der Waals surface area contributed by atoms with Crippen LogP contribution >= 0.6 is 11.6 Å². The van der Waals surface area contributed by atoms with E-state index in [0.717, 1.165) is 6.07 Å². The number of pyridine rings is 1. The SMILES string of the molecule is Cc1nc(-c2ccc(Cl)cc2)cc(C(F)(F)F)c1C#N. The quantitative estimate of drug-likeness (QED) is 0.771. The van der Waals surface area contributed by atoms with Crippen LogP contribution in [0.1, 0.15) is 16.8 Å². The van der Waals surface area contributed by atoms with Gasteiger partial charge in [-0.1, -0.05) is 23.7 Å². The molecule has 0 saturated heterocycles. The first-order valence-corrected chi connectivity index (χ1v) is 5.95. The highest BCUT2D eigenvalue weighted by atomic mass is 35.5. The highest BCUT2D eigenvalue weighted by molar-refractivity contribution is 6.30. The van der Waals surface area contributed by atoms with Crippen LogP contribution in [0.5, 0.6) is 0 Å². The number of benzene rings is 1. The zero-order valence-electron chi connectivity index (χ0n) is 10.3. The fourth-order valence-corrected chi connectivity index (χ4v) is 1.93. The van der Waals surface area contributed by atoms with Gasteiger partial charge in [0.05, 0.1) is 22.5 Å². The van der Waals surface area contributed by atoms with Crippen LogP contribution in [0.3, 0.4) is 0 Å². The fraction of sp³-hybridized carbons (Fsp3) is 0.143. The van der Waals surface area contributed by atoms with Crippen LogP contribution in [-0.4, -0.2) is 4.98 Å². The van der Waals surface area contributed by atoms with Crippen molar-refractivity contribution in [3.05, 3.63) is 52.2 Å². The first-order valence-electron chi connectivity index (χ1n) is 5.58. The molecule has 0 aliphatic rings. The molecule has 2 nitrogen and oxygen atoms in total. The topological polar surface area (TPSA) is 36.7 Å². The summed E-state index contributed by atoms with van der Waals surface area (Å²) in [6.07, 6.45) is -4.60. The summed E-state index contributed by atoms with van der Waals surface area (Å²) < 4.78 is 38.9. The number of nitrogens with zero attached hydrogens (tertiary/aromatic N) is 2. The number of hydrogen-bond acceptors (Lipinski definition) is 2. The van der Waals surface area contributed by atoms with Gasteiger partial charge in [0.15, 0.2) is 0 Å². The van der Waals surface area contributed by atoms with Gasteiger partial charge in [0.1, 0.15) is 6.07 Å². The lowest BCUT2D eigenvalue weighted by Gasteiger charge is -2.12. The van der Waals surface area contributed by atoms with E-state index in [1.165, 1.54) is 6.92 Å². The molecule has 20 heavy (non-hydrogen) atoms. The first kappa shape index (κ1) is 14.4. The molecule has 2 aromatic rings. The van der Waals surface area contributed by atoms with Crippen LogP contribution in [0.2, 0.25) is 5.02 Å². The molecule has 0 N–H and O–H groups in total. The number of halogens is 4. The van der Waals surface area contributed by atoms with Gasteiger partial charge in [-0.05, 0) is 25.1 Å². The summed E-state index contributed by atoms with van der Waals surface area (Å²) in [5.74, 6) is 0. The standard InChI is InChI=1S/C14H8ClF3N2/c1-8-11(7-19)12(14(16,17)18)6-13(20-8)9-2-4-10(15)5-3-9/h2-6H,1H3. The van der Waals surface area contributed by atoms with Crippen molar-refractivity contribution in [2.75, 3.05) is 0 Å². The van der Waals surface area contributed by atoms with E-state index in [2.05, 4.69) is 4.98 Å². The molecule has 0 bridgehead atoms. The van der Waals surface area contributed by atoms with Gasteiger partial charge in [0.25, 0.3) is 0 Å². The number of rotatable bonds is 1. The van der Waals surface area contributed by atoms with E-state index in [1.54, 1.807) is 30.3 Å². The number of aromatic nitrogens is 1. The van der Waals surface area contributed by atoms with Crippen LogP contribution in [0.25, 0.3) is 11.3 Å². The fourth-order valence-electron chi connectivity index (χ4n) is 1.81. The lowest BCUT2D eigenvalue weighted by molar-refractivity contribution is -0.137. The van der Waals surface area contributed by atoms with E-state index in [-0.39, 0.29) is 11.4 Å². The van der Waals surface area contributed by atoms with E-state index < -0.39 is 17.3 Å². The lowest BCUT2D eigenvalue weighted by Crippen LogP contribution is -2.10. The molecule has 2 rings (SSSR count). The molecule has 1 heterocycles. The molecular formula is C14H8ClF3N2. The van der Waals surface area contributed by atoms with Crippen LogP contribution in [-0.2, 0) is 6.18 Å². The first-order chi connectivity index (χ1) is 9.32. The van der Waals surface area contributed by atoms with Crippen LogP contribution in [0.15, 0.2) is 30.3 Å². The average molecular weight is 297 g/mol. The van der Waals surface area contributed by atoms with E-state index in [0.29, 0.717) is 10.6 Å². The van der Waals surface area contributed by atoms with Crippen molar-refractivity contribution < 1.29 is 13.2 Å². The van der Waals surface area contributed by atoms with Crippen molar-refractivity contribution in [3.63, 3.8) is 0 Å². The second kappa shape index (κ2) is 5.14. The maximum absolute atomic E-state index is 13.0. The third-order valence-corrected chi connectivity index (χ3v) is 3.01. The molecule has 0 unspecified atom stereocenters. The summed E-state index contributed by atoms with van der Waals surface area (Å²) in [6, 6.07) is 8.74. The molecule has 1 aromatic carbocycles.